The molecule has 1 amide bonds. The van der Waals surface area contributed by atoms with Gasteiger partial charge in [-0.25, -0.2) is 8.42 Å². The van der Waals surface area contributed by atoms with Crippen molar-refractivity contribution in [2.24, 2.45) is 5.92 Å². The average molecular weight is 304 g/mol. The maximum atomic E-state index is 12.1. The molecule has 0 saturated heterocycles. The van der Waals surface area contributed by atoms with Crippen LogP contribution in [0.5, 0.6) is 0 Å². The highest BCUT2D eigenvalue weighted by atomic mass is 35.7. The van der Waals surface area contributed by atoms with Crippen LogP contribution in [0, 0.1) is 5.92 Å². The smallest absolute Gasteiger partial charge is 0.261 e. The normalized spacial score (nSPS) is 13.1. The maximum Gasteiger partial charge on any atom is 0.261 e. The predicted molar refractivity (Wildman–Crippen MR) is 75.9 cm³/mol. The van der Waals surface area contributed by atoms with Crippen molar-refractivity contribution in [3.8, 4) is 0 Å². The maximum absolute atomic E-state index is 12.1. The second-order valence-electron chi connectivity index (χ2n) is 4.66. The van der Waals surface area contributed by atoms with Crippen molar-refractivity contribution < 1.29 is 13.2 Å². The number of halogens is 1. The fourth-order valence-corrected chi connectivity index (χ4v) is 2.43. The molecule has 0 aliphatic carbocycles. The van der Waals surface area contributed by atoms with E-state index in [1.165, 1.54) is 24.3 Å². The largest absolute Gasteiger partial charge is 0.341 e. The molecule has 0 fully saturated rings. The highest BCUT2D eigenvalue weighted by molar-refractivity contribution is 8.13. The number of nitrogens with zero attached hydrogens (tertiary/aromatic N) is 1. The minimum absolute atomic E-state index is 0.00436. The summed E-state index contributed by atoms with van der Waals surface area (Å²) >= 11 is 0. The summed E-state index contributed by atoms with van der Waals surface area (Å²) in [6, 6.07) is 5.63. The van der Waals surface area contributed by atoms with Crippen LogP contribution >= 0.6 is 10.7 Å². The number of benzene rings is 1. The van der Waals surface area contributed by atoms with E-state index < -0.39 is 9.05 Å². The Labute approximate surface area is 118 Å². The van der Waals surface area contributed by atoms with Crippen molar-refractivity contribution in [3.63, 3.8) is 0 Å². The molecular weight excluding hydrogens is 286 g/mol. The lowest BCUT2D eigenvalue weighted by Crippen LogP contribution is -2.30. The van der Waals surface area contributed by atoms with Crippen LogP contribution in [-0.4, -0.2) is 32.8 Å². The fourth-order valence-electron chi connectivity index (χ4n) is 1.66. The second-order valence-corrected chi connectivity index (χ2v) is 7.23. The van der Waals surface area contributed by atoms with Crippen molar-refractivity contribution in [2.45, 2.75) is 25.2 Å². The summed E-state index contributed by atoms with van der Waals surface area (Å²) in [5.41, 5.74) is 0.454. The van der Waals surface area contributed by atoms with Crippen LogP contribution in [0.2, 0.25) is 0 Å². The van der Waals surface area contributed by atoms with Gasteiger partial charge in [0.1, 0.15) is 0 Å². The van der Waals surface area contributed by atoms with Gasteiger partial charge in [0.25, 0.3) is 15.0 Å². The van der Waals surface area contributed by atoms with E-state index in [9.17, 15) is 13.2 Å². The van der Waals surface area contributed by atoms with E-state index in [4.69, 9.17) is 10.7 Å². The third-order valence-electron chi connectivity index (χ3n) is 3.01. The van der Waals surface area contributed by atoms with Gasteiger partial charge in [-0.1, -0.05) is 20.3 Å². The van der Waals surface area contributed by atoms with Gasteiger partial charge in [-0.15, -0.1) is 0 Å². The van der Waals surface area contributed by atoms with E-state index in [0.717, 1.165) is 6.42 Å². The first-order chi connectivity index (χ1) is 8.75. The van der Waals surface area contributed by atoms with Gasteiger partial charge >= 0.3 is 0 Å². The van der Waals surface area contributed by atoms with Crippen molar-refractivity contribution in [1.29, 1.82) is 0 Å². The summed E-state index contributed by atoms with van der Waals surface area (Å²) in [6.07, 6.45) is 1.00. The summed E-state index contributed by atoms with van der Waals surface area (Å²) in [5.74, 6) is 0.301. The molecule has 0 heterocycles. The van der Waals surface area contributed by atoms with E-state index in [1.807, 2.05) is 0 Å². The van der Waals surface area contributed by atoms with E-state index >= 15 is 0 Å². The Morgan fingerprint density at radius 3 is 2.26 bits per heavy atom. The SMILES string of the molecule is CCC(C)CN(C)C(=O)c1ccc(S(=O)(=O)Cl)cc1. The molecule has 0 saturated carbocycles. The first-order valence-electron chi connectivity index (χ1n) is 6.06. The Morgan fingerprint density at radius 2 is 1.84 bits per heavy atom. The number of hydrogen-bond donors (Lipinski definition) is 0. The molecule has 1 unspecified atom stereocenters. The van der Waals surface area contributed by atoms with Gasteiger partial charge in [0.2, 0.25) is 0 Å². The van der Waals surface area contributed by atoms with Gasteiger partial charge < -0.3 is 4.90 Å². The number of rotatable bonds is 5. The zero-order chi connectivity index (χ0) is 14.6. The highest BCUT2D eigenvalue weighted by Gasteiger charge is 2.15. The Hall–Kier alpha value is -1.07. The zero-order valence-corrected chi connectivity index (χ0v) is 12.8. The fraction of sp³-hybridized carbons (Fsp3) is 0.462. The first kappa shape index (κ1) is 16.0. The van der Waals surface area contributed by atoms with Crippen molar-refractivity contribution in [1.82, 2.24) is 4.90 Å². The Kier molecular flexibility index (Phi) is 5.38. The van der Waals surface area contributed by atoms with Crippen molar-refractivity contribution >= 4 is 25.6 Å². The topological polar surface area (TPSA) is 54.5 Å². The van der Waals surface area contributed by atoms with Crippen LogP contribution in [0.15, 0.2) is 29.2 Å². The molecule has 1 aromatic carbocycles. The van der Waals surface area contributed by atoms with Gasteiger partial charge in [-0.3, -0.25) is 4.79 Å². The molecule has 4 nitrogen and oxygen atoms in total. The number of carbonyl (C=O) groups is 1. The molecule has 0 spiro atoms. The lowest BCUT2D eigenvalue weighted by atomic mass is 10.1. The van der Waals surface area contributed by atoms with E-state index in [1.54, 1.807) is 11.9 Å². The molecular formula is C13H18ClNO3S. The van der Waals surface area contributed by atoms with Gasteiger partial charge in [0.15, 0.2) is 0 Å². The molecule has 1 aromatic rings. The highest BCUT2D eigenvalue weighted by Crippen LogP contribution is 2.16. The summed E-state index contributed by atoms with van der Waals surface area (Å²) in [4.78, 5) is 13.7. The molecule has 6 heteroatoms. The minimum Gasteiger partial charge on any atom is -0.341 e. The molecule has 0 bridgehead atoms. The molecule has 1 atom stereocenters. The van der Waals surface area contributed by atoms with E-state index in [0.29, 0.717) is 18.0 Å². The van der Waals surface area contributed by atoms with Crippen LogP contribution in [0.4, 0.5) is 0 Å². The third-order valence-corrected chi connectivity index (χ3v) is 4.38. The lowest BCUT2D eigenvalue weighted by Gasteiger charge is -2.20. The summed E-state index contributed by atoms with van der Waals surface area (Å²) in [7, 11) is 3.21. The average Bonchev–Trinajstić information content (AvgIpc) is 2.36. The Morgan fingerprint density at radius 1 is 1.32 bits per heavy atom. The van der Waals surface area contributed by atoms with Crippen LogP contribution in [0.1, 0.15) is 30.6 Å². The number of amides is 1. The van der Waals surface area contributed by atoms with Gasteiger partial charge in [-0.05, 0) is 30.2 Å². The lowest BCUT2D eigenvalue weighted by molar-refractivity contribution is 0.0775. The molecule has 1 rings (SSSR count). The van der Waals surface area contributed by atoms with Crippen LogP contribution < -0.4 is 0 Å². The number of carbonyl (C=O) groups excluding carboxylic acids is 1. The van der Waals surface area contributed by atoms with Crippen molar-refractivity contribution in [2.75, 3.05) is 13.6 Å². The summed E-state index contributed by atoms with van der Waals surface area (Å²) in [6.45, 7) is 4.82. The van der Waals surface area contributed by atoms with Gasteiger partial charge in [0.05, 0.1) is 4.90 Å². The van der Waals surface area contributed by atoms with E-state index in [-0.39, 0.29) is 10.8 Å². The van der Waals surface area contributed by atoms with Gasteiger partial charge in [0, 0.05) is 29.8 Å². The summed E-state index contributed by atoms with van der Waals surface area (Å²) < 4.78 is 22.2. The monoisotopic (exact) mass is 303 g/mol. The summed E-state index contributed by atoms with van der Waals surface area (Å²) in [5, 5.41) is 0. The predicted octanol–water partition coefficient (Wildman–Crippen LogP) is 2.73. The molecule has 0 aliphatic heterocycles. The molecule has 0 aromatic heterocycles. The zero-order valence-electron chi connectivity index (χ0n) is 11.3. The Bertz CT molecular complexity index is 540. The first-order valence-corrected chi connectivity index (χ1v) is 8.36. The van der Waals surface area contributed by atoms with Crippen LogP contribution in [-0.2, 0) is 9.05 Å². The quantitative estimate of drug-likeness (QED) is 0.786. The molecule has 0 radical (unpaired) electrons. The standard InChI is InChI=1S/C13H18ClNO3S/c1-4-10(2)9-15(3)13(16)11-5-7-12(8-6-11)19(14,17)18/h5-8,10H,4,9H2,1-3H3. The van der Waals surface area contributed by atoms with E-state index in [2.05, 4.69) is 13.8 Å². The third kappa shape index (κ3) is 4.51. The van der Waals surface area contributed by atoms with Crippen LogP contribution in [0.25, 0.3) is 0 Å². The van der Waals surface area contributed by atoms with Crippen LogP contribution in [0.3, 0.4) is 0 Å². The second kappa shape index (κ2) is 6.39. The molecule has 106 valence electrons. The minimum atomic E-state index is -3.74. The molecule has 0 N–H and O–H groups in total. The molecule has 19 heavy (non-hydrogen) atoms. The molecule has 0 aliphatic rings. The number of hydrogen-bond acceptors (Lipinski definition) is 3. The van der Waals surface area contributed by atoms with Crippen molar-refractivity contribution in [3.05, 3.63) is 29.8 Å². The van der Waals surface area contributed by atoms with Gasteiger partial charge in [-0.2, -0.15) is 0 Å². The Balaban J connectivity index is 2.84.